The van der Waals surface area contributed by atoms with Crippen LogP contribution in [0.3, 0.4) is 0 Å². The molecule has 0 aliphatic rings. The van der Waals surface area contributed by atoms with Gasteiger partial charge in [0.2, 0.25) is 0 Å². The second-order valence-corrected chi connectivity index (χ2v) is 5.34. The van der Waals surface area contributed by atoms with E-state index in [1.165, 1.54) is 0 Å². The standard InChI is InChI=1S/C18H19ClN2O3/c1-2-10-23-15-7-5-6-14(11-15)12-20-21-18(22)13-24-17-9-4-3-8-16(17)19/h3-9,11-12H,2,10,13H2,1H3,(H,21,22). The highest BCUT2D eigenvalue weighted by Crippen LogP contribution is 2.22. The van der Waals surface area contributed by atoms with Gasteiger partial charge in [-0.25, -0.2) is 5.43 Å². The molecule has 1 amide bonds. The SMILES string of the molecule is CCCOc1cccc(C=NNC(=O)COc2ccccc2Cl)c1. The zero-order chi connectivity index (χ0) is 17.2. The number of carbonyl (C=O) groups is 1. The summed E-state index contributed by atoms with van der Waals surface area (Å²) in [6.45, 7) is 2.54. The number of benzene rings is 2. The Morgan fingerprint density at radius 2 is 2.04 bits per heavy atom. The lowest BCUT2D eigenvalue weighted by Crippen LogP contribution is -2.24. The molecule has 0 aliphatic heterocycles. The summed E-state index contributed by atoms with van der Waals surface area (Å²) >= 11 is 5.94. The molecule has 0 radical (unpaired) electrons. The molecule has 2 aromatic rings. The number of hydrogen-bond donors (Lipinski definition) is 1. The predicted molar refractivity (Wildman–Crippen MR) is 94.9 cm³/mol. The number of halogens is 1. The van der Waals surface area contributed by atoms with E-state index >= 15 is 0 Å². The monoisotopic (exact) mass is 346 g/mol. The molecule has 0 atom stereocenters. The summed E-state index contributed by atoms with van der Waals surface area (Å²) in [5.74, 6) is 0.859. The van der Waals surface area contributed by atoms with Crippen molar-refractivity contribution in [3.05, 3.63) is 59.1 Å². The van der Waals surface area contributed by atoms with Gasteiger partial charge in [-0.15, -0.1) is 0 Å². The third-order valence-corrected chi connectivity index (χ3v) is 3.24. The second kappa shape index (κ2) is 9.57. The van der Waals surface area contributed by atoms with Crippen molar-refractivity contribution in [3.8, 4) is 11.5 Å². The van der Waals surface area contributed by atoms with Crippen molar-refractivity contribution in [1.82, 2.24) is 5.43 Å². The van der Waals surface area contributed by atoms with Crippen molar-refractivity contribution in [1.29, 1.82) is 0 Å². The van der Waals surface area contributed by atoms with Gasteiger partial charge < -0.3 is 9.47 Å². The van der Waals surface area contributed by atoms with Crippen LogP contribution >= 0.6 is 11.6 Å². The number of rotatable bonds is 8. The zero-order valence-corrected chi connectivity index (χ0v) is 14.1. The third-order valence-electron chi connectivity index (χ3n) is 2.93. The predicted octanol–water partition coefficient (Wildman–Crippen LogP) is 3.66. The van der Waals surface area contributed by atoms with E-state index in [4.69, 9.17) is 21.1 Å². The maximum atomic E-state index is 11.7. The molecular weight excluding hydrogens is 328 g/mol. The lowest BCUT2D eigenvalue weighted by atomic mass is 10.2. The average molecular weight is 347 g/mol. The average Bonchev–Trinajstić information content (AvgIpc) is 2.60. The van der Waals surface area contributed by atoms with Crippen LogP contribution in [0.1, 0.15) is 18.9 Å². The van der Waals surface area contributed by atoms with Crippen LogP contribution in [-0.4, -0.2) is 25.3 Å². The number of nitrogens with one attached hydrogen (secondary N) is 1. The number of hydrogen-bond acceptors (Lipinski definition) is 4. The molecule has 0 saturated heterocycles. The molecule has 2 rings (SSSR count). The number of amides is 1. The van der Waals surface area contributed by atoms with E-state index < -0.39 is 0 Å². The quantitative estimate of drug-likeness (QED) is 0.586. The summed E-state index contributed by atoms with van der Waals surface area (Å²) < 4.78 is 10.9. The Hall–Kier alpha value is -2.53. The molecule has 0 bridgehead atoms. The van der Waals surface area contributed by atoms with Crippen molar-refractivity contribution in [3.63, 3.8) is 0 Å². The number of hydrazone groups is 1. The van der Waals surface area contributed by atoms with Gasteiger partial charge >= 0.3 is 0 Å². The molecule has 0 saturated carbocycles. The molecule has 24 heavy (non-hydrogen) atoms. The minimum atomic E-state index is -0.371. The summed E-state index contributed by atoms with van der Waals surface area (Å²) in [7, 11) is 0. The van der Waals surface area contributed by atoms with E-state index in [2.05, 4.69) is 10.5 Å². The van der Waals surface area contributed by atoms with Crippen LogP contribution in [0.2, 0.25) is 5.02 Å². The number of carbonyl (C=O) groups excluding carboxylic acids is 1. The first-order valence-corrected chi connectivity index (χ1v) is 7.99. The van der Waals surface area contributed by atoms with Gasteiger partial charge in [-0.3, -0.25) is 4.79 Å². The minimum Gasteiger partial charge on any atom is -0.494 e. The molecule has 126 valence electrons. The van der Waals surface area contributed by atoms with Gasteiger partial charge in [0.25, 0.3) is 5.91 Å². The molecule has 6 heteroatoms. The molecule has 0 aromatic heterocycles. The van der Waals surface area contributed by atoms with E-state index in [1.807, 2.05) is 31.2 Å². The van der Waals surface area contributed by atoms with Crippen LogP contribution < -0.4 is 14.9 Å². The molecule has 0 spiro atoms. The minimum absolute atomic E-state index is 0.166. The molecular formula is C18H19ClN2O3. The third kappa shape index (κ3) is 5.93. The molecule has 0 heterocycles. The number of nitrogens with zero attached hydrogens (tertiary/aromatic N) is 1. The fraction of sp³-hybridized carbons (Fsp3) is 0.222. The first-order valence-electron chi connectivity index (χ1n) is 7.61. The molecule has 2 aromatic carbocycles. The van der Waals surface area contributed by atoms with E-state index in [0.717, 1.165) is 17.7 Å². The molecule has 0 unspecified atom stereocenters. The Bertz CT molecular complexity index is 704. The topological polar surface area (TPSA) is 59.9 Å². The summed E-state index contributed by atoms with van der Waals surface area (Å²) in [6, 6.07) is 14.4. The summed E-state index contributed by atoms with van der Waals surface area (Å²) in [6.07, 6.45) is 2.49. The number of para-hydroxylation sites is 1. The van der Waals surface area contributed by atoms with Crippen molar-refractivity contribution >= 4 is 23.7 Å². The normalized spacial score (nSPS) is 10.6. The highest BCUT2D eigenvalue weighted by molar-refractivity contribution is 6.32. The highest BCUT2D eigenvalue weighted by Gasteiger charge is 2.04. The maximum absolute atomic E-state index is 11.7. The van der Waals surface area contributed by atoms with Crippen LogP contribution in [0.5, 0.6) is 11.5 Å². The Kier molecular flexibility index (Phi) is 7.11. The van der Waals surface area contributed by atoms with Crippen molar-refractivity contribution < 1.29 is 14.3 Å². The van der Waals surface area contributed by atoms with E-state index in [-0.39, 0.29) is 12.5 Å². The van der Waals surface area contributed by atoms with Gasteiger partial charge in [0.1, 0.15) is 11.5 Å². The summed E-state index contributed by atoms with van der Waals surface area (Å²) in [4.78, 5) is 11.7. The van der Waals surface area contributed by atoms with E-state index in [1.54, 1.807) is 30.5 Å². The van der Waals surface area contributed by atoms with Crippen molar-refractivity contribution in [2.24, 2.45) is 5.10 Å². The van der Waals surface area contributed by atoms with Crippen LogP contribution in [0.15, 0.2) is 53.6 Å². The lowest BCUT2D eigenvalue weighted by molar-refractivity contribution is -0.123. The van der Waals surface area contributed by atoms with Crippen LogP contribution in [0.25, 0.3) is 0 Å². The Labute approximate surface area is 146 Å². The van der Waals surface area contributed by atoms with Crippen LogP contribution in [-0.2, 0) is 4.79 Å². The molecule has 0 fully saturated rings. The van der Waals surface area contributed by atoms with Gasteiger partial charge in [-0.05, 0) is 36.2 Å². The van der Waals surface area contributed by atoms with Gasteiger partial charge in [0, 0.05) is 0 Å². The number of ether oxygens (including phenoxy) is 2. The Morgan fingerprint density at radius 3 is 2.83 bits per heavy atom. The van der Waals surface area contributed by atoms with Gasteiger partial charge in [-0.1, -0.05) is 42.8 Å². The highest BCUT2D eigenvalue weighted by atomic mass is 35.5. The zero-order valence-electron chi connectivity index (χ0n) is 13.4. The van der Waals surface area contributed by atoms with Crippen LogP contribution in [0.4, 0.5) is 0 Å². The van der Waals surface area contributed by atoms with Crippen LogP contribution in [0, 0.1) is 0 Å². The lowest BCUT2D eigenvalue weighted by Gasteiger charge is -2.06. The van der Waals surface area contributed by atoms with Gasteiger partial charge in [0.05, 0.1) is 17.8 Å². The fourth-order valence-corrected chi connectivity index (χ4v) is 2.01. The maximum Gasteiger partial charge on any atom is 0.277 e. The molecule has 0 aliphatic carbocycles. The smallest absolute Gasteiger partial charge is 0.277 e. The molecule has 5 nitrogen and oxygen atoms in total. The fourth-order valence-electron chi connectivity index (χ4n) is 1.82. The first kappa shape index (κ1) is 17.8. The Morgan fingerprint density at radius 1 is 1.21 bits per heavy atom. The largest absolute Gasteiger partial charge is 0.494 e. The van der Waals surface area contributed by atoms with E-state index in [0.29, 0.717) is 17.4 Å². The van der Waals surface area contributed by atoms with Gasteiger partial charge in [0.15, 0.2) is 6.61 Å². The Balaban J connectivity index is 1.81. The van der Waals surface area contributed by atoms with E-state index in [9.17, 15) is 4.79 Å². The summed E-state index contributed by atoms with van der Waals surface area (Å²) in [5.41, 5.74) is 3.23. The first-order chi connectivity index (χ1) is 11.7. The van der Waals surface area contributed by atoms with Crippen molar-refractivity contribution in [2.75, 3.05) is 13.2 Å². The second-order valence-electron chi connectivity index (χ2n) is 4.93. The van der Waals surface area contributed by atoms with Gasteiger partial charge in [-0.2, -0.15) is 5.10 Å². The summed E-state index contributed by atoms with van der Waals surface area (Å²) in [5, 5.41) is 4.36. The van der Waals surface area contributed by atoms with Crippen molar-refractivity contribution in [2.45, 2.75) is 13.3 Å². The molecule has 1 N–H and O–H groups in total.